The number of nitrogens with two attached hydrogens (primary N) is 1. The van der Waals surface area contributed by atoms with E-state index in [-0.39, 0.29) is 6.41 Å². The summed E-state index contributed by atoms with van der Waals surface area (Å²) in [6.07, 6.45) is 15.1. The molecule has 0 radical (unpaired) electrons. The summed E-state index contributed by atoms with van der Waals surface area (Å²) in [7, 11) is 6.08. The van der Waals surface area contributed by atoms with Gasteiger partial charge in [-0.25, -0.2) is 0 Å². The molecule has 0 spiro atoms. The van der Waals surface area contributed by atoms with Crippen LogP contribution < -0.4 is 16.4 Å². The second-order valence-corrected chi connectivity index (χ2v) is 8.13. The molecule has 0 aliphatic carbocycles. The Hall–Kier alpha value is -3.48. The van der Waals surface area contributed by atoms with Gasteiger partial charge in [0.1, 0.15) is 6.29 Å². The van der Waals surface area contributed by atoms with Crippen LogP contribution in [0.4, 0.5) is 0 Å². The number of nitrogens with one attached hydrogen (secondary N) is 2. The van der Waals surface area contributed by atoms with Crippen molar-refractivity contribution in [1.82, 2.24) is 15.5 Å². The van der Waals surface area contributed by atoms with E-state index in [0.29, 0.717) is 11.3 Å². The summed E-state index contributed by atoms with van der Waals surface area (Å²) in [6.45, 7) is 24.2. The largest absolute Gasteiger partial charge is 0.372 e. The number of rotatable bonds is 13. The van der Waals surface area contributed by atoms with Crippen molar-refractivity contribution < 1.29 is 9.59 Å². The monoisotopic (exact) mass is 554 g/mol. The first kappa shape index (κ1) is 43.6. The van der Waals surface area contributed by atoms with Gasteiger partial charge in [-0.05, 0) is 82.7 Å². The molecule has 6 nitrogen and oxygen atoms in total. The SMILES string of the molecule is C=C(N/C=C(\C)C=O)C(/C=C\C)=C/C(=C)c1cccc(C/C=C/CN(C)C)c1.CC.CC.CCCNC.NC=O. The number of likely N-dealkylation sites (N-methyl/N-ethyl adjacent to an activating group) is 1. The van der Waals surface area contributed by atoms with E-state index >= 15 is 0 Å². The summed E-state index contributed by atoms with van der Waals surface area (Å²) < 4.78 is 0. The number of allylic oxidation sites excluding steroid dienone is 6. The Kier molecular flexibility index (Phi) is 36.5. The van der Waals surface area contributed by atoms with E-state index < -0.39 is 0 Å². The minimum absolute atomic E-state index is 0.250. The zero-order chi connectivity index (χ0) is 31.8. The van der Waals surface area contributed by atoms with E-state index in [1.165, 1.54) is 12.0 Å². The van der Waals surface area contributed by atoms with Crippen LogP contribution >= 0.6 is 0 Å². The first-order valence-electron chi connectivity index (χ1n) is 14.0. The molecule has 0 atom stereocenters. The average Bonchev–Trinajstić information content (AvgIpc) is 2.97. The molecular weight excluding hydrogens is 496 g/mol. The topological polar surface area (TPSA) is 87.5 Å². The van der Waals surface area contributed by atoms with Gasteiger partial charge in [0, 0.05) is 24.0 Å². The summed E-state index contributed by atoms with van der Waals surface area (Å²) in [5.41, 5.74) is 9.63. The Bertz CT molecular complexity index is 908. The molecule has 4 N–H and O–H groups in total. The van der Waals surface area contributed by atoms with Crippen molar-refractivity contribution in [2.24, 2.45) is 5.73 Å². The summed E-state index contributed by atoms with van der Waals surface area (Å²) in [6, 6.07) is 8.41. The molecule has 40 heavy (non-hydrogen) atoms. The number of carbonyl (C=O) groups excluding carboxylic acids is 2. The number of benzene rings is 1. The fraction of sp³-hybridized carbons (Fsp3) is 0.412. The van der Waals surface area contributed by atoms with Crippen LogP contribution in [0.3, 0.4) is 0 Å². The lowest BCUT2D eigenvalue weighted by Crippen LogP contribution is -2.10. The molecule has 1 aromatic rings. The Labute approximate surface area is 246 Å². The maximum atomic E-state index is 10.7. The van der Waals surface area contributed by atoms with Crippen LogP contribution in [0.15, 0.2) is 90.8 Å². The lowest BCUT2D eigenvalue weighted by molar-refractivity contribution is -0.107. The van der Waals surface area contributed by atoms with Crippen LogP contribution in [0.5, 0.6) is 0 Å². The lowest BCUT2D eigenvalue weighted by Gasteiger charge is -2.10. The standard InChI is InChI=1S/C25H32N2O.C4H11N.2C2H6.CH3NO/c1-7-11-25(22(4)26-18-20(2)19-28)16-21(3)24-14-10-13-23(17-24)12-8-9-15-27(5)6;1-3-4-5-2;2*1-2;2-1-3/h7-11,13-14,16-19,26H,3-4,12,15H2,1-2,5-6H3;5H,3-4H2,1-2H3;2*1-2H3;1H,(H2,2,3)/b9-8+,11-7-,20-18+,25-16+;;;;. The van der Waals surface area contributed by atoms with Crippen molar-refractivity contribution >= 4 is 18.3 Å². The molecule has 0 unspecified atom stereocenters. The van der Waals surface area contributed by atoms with Crippen molar-refractivity contribution in [1.29, 1.82) is 0 Å². The molecule has 0 aliphatic heterocycles. The van der Waals surface area contributed by atoms with E-state index in [2.05, 4.69) is 91.9 Å². The lowest BCUT2D eigenvalue weighted by atomic mass is 10.00. The zero-order valence-corrected chi connectivity index (χ0v) is 27.0. The molecule has 0 bridgehead atoms. The summed E-state index contributed by atoms with van der Waals surface area (Å²) >= 11 is 0. The van der Waals surface area contributed by atoms with Gasteiger partial charge in [0.2, 0.25) is 6.41 Å². The molecule has 6 heteroatoms. The molecule has 0 aliphatic rings. The van der Waals surface area contributed by atoms with Gasteiger partial charge in [-0.2, -0.15) is 0 Å². The van der Waals surface area contributed by atoms with Gasteiger partial charge in [-0.3, -0.25) is 9.59 Å². The molecule has 226 valence electrons. The Morgan fingerprint density at radius 1 is 1.07 bits per heavy atom. The third-order valence-electron chi connectivity index (χ3n) is 4.47. The van der Waals surface area contributed by atoms with Crippen LogP contribution in [0.2, 0.25) is 0 Å². The molecule has 0 heterocycles. The predicted molar refractivity (Wildman–Crippen MR) is 179 cm³/mol. The highest BCUT2D eigenvalue weighted by atomic mass is 16.1. The van der Waals surface area contributed by atoms with Gasteiger partial charge < -0.3 is 21.3 Å². The molecule has 1 amide bonds. The third kappa shape index (κ3) is 27.6. The second kappa shape index (κ2) is 33.5. The number of nitrogens with zero attached hydrogens (tertiary/aromatic N) is 1. The summed E-state index contributed by atoms with van der Waals surface area (Å²) in [5.74, 6) is 0. The predicted octanol–water partition coefficient (Wildman–Crippen LogP) is 6.84. The molecule has 1 rings (SSSR count). The normalized spacial score (nSPS) is 10.6. The van der Waals surface area contributed by atoms with Crippen LogP contribution in [-0.4, -0.2) is 51.8 Å². The first-order chi connectivity index (χ1) is 19.2. The first-order valence-corrected chi connectivity index (χ1v) is 14.0. The number of hydrogen-bond acceptors (Lipinski definition) is 5. The quantitative estimate of drug-likeness (QED) is 0.108. The van der Waals surface area contributed by atoms with Gasteiger partial charge in [-0.15, -0.1) is 0 Å². The fourth-order valence-electron chi connectivity index (χ4n) is 2.66. The third-order valence-corrected chi connectivity index (χ3v) is 4.47. The van der Waals surface area contributed by atoms with Crippen molar-refractivity contribution in [3.05, 3.63) is 102 Å². The Morgan fingerprint density at radius 3 is 2.12 bits per heavy atom. The van der Waals surface area contributed by atoms with E-state index in [1.54, 1.807) is 13.1 Å². The maximum Gasteiger partial charge on any atom is 0.204 e. The zero-order valence-electron chi connectivity index (χ0n) is 27.0. The number of amides is 1. The number of primary amides is 1. The van der Waals surface area contributed by atoms with Gasteiger partial charge >= 0.3 is 0 Å². The van der Waals surface area contributed by atoms with Crippen LogP contribution in [0.25, 0.3) is 5.57 Å². The number of aldehydes is 1. The molecule has 0 aromatic heterocycles. The smallest absolute Gasteiger partial charge is 0.204 e. The molecule has 1 aromatic carbocycles. The van der Waals surface area contributed by atoms with Crippen molar-refractivity contribution in [2.45, 2.75) is 61.3 Å². The van der Waals surface area contributed by atoms with Crippen molar-refractivity contribution in [2.75, 3.05) is 34.2 Å². The molecule has 0 fully saturated rings. The van der Waals surface area contributed by atoms with E-state index in [0.717, 1.165) is 42.5 Å². The Morgan fingerprint density at radius 2 is 1.68 bits per heavy atom. The fourth-order valence-corrected chi connectivity index (χ4v) is 2.66. The minimum atomic E-state index is 0.250. The number of carbonyl (C=O) groups is 2. The Balaban J connectivity index is -0.000000460. The minimum Gasteiger partial charge on any atom is -0.372 e. The highest BCUT2D eigenvalue weighted by Crippen LogP contribution is 2.20. The van der Waals surface area contributed by atoms with Gasteiger partial charge in [0.05, 0.1) is 0 Å². The maximum absolute atomic E-state index is 10.7. The van der Waals surface area contributed by atoms with Crippen molar-refractivity contribution in [3.8, 4) is 0 Å². The van der Waals surface area contributed by atoms with E-state index in [4.69, 9.17) is 4.79 Å². The summed E-state index contributed by atoms with van der Waals surface area (Å²) in [4.78, 5) is 21.5. The highest BCUT2D eigenvalue weighted by molar-refractivity contribution is 5.75. The van der Waals surface area contributed by atoms with Crippen LogP contribution in [0.1, 0.15) is 66.0 Å². The van der Waals surface area contributed by atoms with Gasteiger partial charge in [0.25, 0.3) is 0 Å². The van der Waals surface area contributed by atoms with Crippen LogP contribution in [0, 0.1) is 0 Å². The summed E-state index contributed by atoms with van der Waals surface area (Å²) in [5, 5.41) is 6.09. The number of hydrogen-bond donors (Lipinski definition) is 3. The van der Waals surface area contributed by atoms with Crippen molar-refractivity contribution in [3.63, 3.8) is 0 Å². The van der Waals surface area contributed by atoms with Gasteiger partial charge in [-0.1, -0.05) is 96.3 Å². The van der Waals surface area contributed by atoms with E-state index in [9.17, 15) is 4.79 Å². The highest BCUT2D eigenvalue weighted by Gasteiger charge is 2.03. The second-order valence-electron chi connectivity index (χ2n) is 8.13. The van der Waals surface area contributed by atoms with Crippen LogP contribution in [-0.2, 0) is 16.0 Å². The average molecular weight is 555 g/mol. The molecule has 0 saturated heterocycles. The molecule has 0 saturated carbocycles. The van der Waals surface area contributed by atoms with E-state index in [1.807, 2.05) is 59.9 Å². The van der Waals surface area contributed by atoms with Gasteiger partial charge in [0.15, 0.2) is 0 Å². The molecular formula is C34H58N4O2.